The summed E-state index contributed by atoms with van der Waals surface area (Å²) in [6.45, 7) is 0. The van der Waals surface area contributed by atoms with E-state index in [9.17, 15) is 9.90 Å². The maximum atomic E-state index is 12.3. The van der Waals surface area contributed by atoms with Crippen LogP contribution < -0.4 is 15.3 Å². The molecule has 0 saturated carbocycles. The highest BCUT2D eigenvalue weighted by Crippen LogP contribution is 2.28. The lowest BCUT2D eigenvalue weighted by Gasteiger charge is -2.04. The van der Waals surface area contributed by atoms with Gasteiger partial charge in [-0.05, 0) is 42.5 Å². The summed E-state index contributed by atoms with van der Waals surface area (Å²) < 4.78 is 10.5. The van der Waals surface area contributed by atoms with Crippen LogP contribution in [0.1, 0.15) is 5.69 Å². The Morgan fingerprint density at radius 2 is 1.96 bits per heavy atom. The highest BCUT2D eigenvalue weighted by molar-refractivity contribution is 6.07. The predicted molar refractivity (Wildman–Crippen MR) is 94.8 cm³/mol. The summed E-state index contributed by atoms with van der Waals surface area (Å²) in [6, 6.07) is 14.5. The second-order valence-corrected chi connectivity index (χ2v) is 5.66. The van der Waals surface area contributed by atoms with Crippen molar-refractivity contribution in [3.63, 3.8) is 0 Å². The fourth-order valence-corrected chi connectivity index (χ4v) is 2.65. The molecule has 1 N–H and O–H groups in total. The number of aromatic nitrogens is 1. The van der Waals surface area contributed by atoms with Gasteiger partial charge < -0.3 is 14.3 Å². The third kappa shape index (κ3) is 2.88. The smallest absolute Gasteiger partial charge is 0.310 e. The summed E-state index contributed by atoms with van der Waals surface area (Å²) >= 11 is 0. The van der Waals surface area contributed by atoms with E-state index >= 15 is 0 Å². The molecule has 0 fully saturated rings. The van der Waals surface area contributed by atoms with Crippen molar-refractivity contribution in [1.82, 2.24) is 4.98 Å². The lowest BCUT2D eigenvalue weighted by Crippen LogP contribution is -2.30. The van der Waals surface area contributed by atoms with Crippen LogP contribution in [-0.2, 0) is 4.79 Å². The van der Waals surface area contributed by atoms with Crippen LogP contribution in [0.25, 0.3) is 23.6 Å². The van der Waals surface area contributed by atoms with Crippen LogP contribution in [0.4, 0.5) is 0 Å². The van der Waals surface area contributed by atoms with E-state index in [-0.39, 0.29) is 17.5 Å². The molecular formula is C20H14N2O4. The molecule has 0 saturated heterocycles. The van der Waals surface area contributed by atoms with Gasteiger partial charge in [0.25, 0.3) is 5.91 Å². The molecule has 4 rings (SSSR count). The maximum Gasteiger partial charge on any atom is 0.310 e. The summed E-state index contributed by atoms with van der Waals surface area (Å²) in [5.41, 5.74) is 1.20. The Kier molecular flexibility index (Phi) is 3.85. The maximum absolute atomic E-state index is 12.3. The van der Waals surface area contributed by atoms with Gasteiger partial charge in [0.2, 0.25) is 5.89 Å². The molecule has 6 heteroatoms. The molecule has 26 heavy (non-hydrogen) atoms. The number of rotatable bonds is 3. The zero-order valence-electron chi connectivity index (χ0n) is 13.8. The van der Waals surface area contributed by atoms with E-state index in [1.165, 1.54) is 6.08 Å². The standard InChI is InChI=1S/C20H14N2O4/c1-25-15-7-8-16-13(10-15)9-14(18(23)21-16)11-17-20(24)26-19(22-17)12-5-3-2-4-6-12/h2-11,24H,1H3/b14-11+. The van der Waals surface area contributed by atoms with Gasteiger partial charge in [0.05, 0.1) is 12.5 Å². The quantitative estimate of drug-likeness (QED) is 0.734. The molecule has 3 aromatic rings. The summed E-state index contributed by atoms with van der Waals surface area (Å²) in [4.78, 5) is 20.6. The highest BCUT2D eigenvalue weighted by Gasteiger charge is 2.16. The zero-order chi connectivity index (χ0) is 18.1. The number of nitrogens with zero attached hydrogens (tertiary/aromatic N) is 2. The lowest BCUT2D eigenvalue weighted by atomic mass is 10.1. The minimum atomic E-state index is -0.411. The predicted octanol–water partition coefficient (Wildman–Crippen LogP) is 2.08. The SMILES string of the molecule is COc1ccc2c(c1)=C/C(=C\c1nc(-c3ccccc3)oc1O)C(=O)N=2. The third-order valence-electron chi connectivity index (χ3n) is 3.96. The molecule has 0 spiro atoms. The number of methoxy groups -OCH3 is 1. The largest absolute Gasteiger partial charge is 0.497 e. The Morgan fingerprint density at radius 1 is 1.15 bits per heavy atom. The summed E-state index contributed by atoms with van der Waals surface area (Å²) in [7, 11) is 1.57. The zero-order valence-corrected chi connectivity index (χ0v) is 13.8. The monoisotopic (exact) mass is 346 g/mol. The minimum Gasteiger partial charge on any atom is -0.497 e. The van der Waals surface area contributed by atoms with Gasteiger partial charge in [-0.3, -0.25) is 4.79 Å². The van der Waals surface area contributed by atoms with E-state index in [2.05, 4.69) is 9.98 Å². The van der Waals surface area contributed by atoms with E-state index < -0.39 is 5.91 Å². The summed E-state index contributed by atoms with van der Waals surface area (Å²) in [5.74, 6) is 0.178. The Bertz CT molecular complexity index is 1140. The fraction of sp³-hybridized carbons (Fsp3) is 0.0500. The molecule has 0 unspecified atom stereocenters. The number of carbonyl (C=O) groups is 1. The number of hydrogen-bond acceptors (Lipinski definition) is 5. The van der Waals surface area contributed by atoms with Gasteiger partial charge in [-0.2, -0.15) is 0 Å². The molecule has 128 valence electrons. The van der Waals surface area contributed by atoms with E-state index in [1.54, 1.807) is 31.4 Å². The van der Waals surface area contributed by atoms with Crippen molar-refractivity contribution in [3.8, 4) is 23.1 Å². The molecule has 6 nitrogen and oxygen atoms in total. The van der Waals surface area contributed by atoms with Gasteiger partial charge in [0, 0.05) is 16.4 Å². The normalized spacial score (nSPS) is 14.5. The first-order valence-corrected chi connectivity index (χ1v) is 7.90. The molecule has 2 heterocycles. The van der Waals surface area contributed by atoms with Crippen molar-refractivity contribution in [2.45, 2.75) is 0 Å². The van der Waals surface area contributed by atoms with E-state index in [0.29, 0.717) is 16.7 Å². The van der Waals surface area contributed by atoms with Crippen LogP contribution in [0.15, 0.2) is 63.5 Å². The van der Waals surface area contributed by atoms with E-state index in [0.717, 1.165) is 10.8 Å². The van der Waals surface area contributed by atoms with Crippen LogP contribution in [0.5, 0.6) is 11.7 Å². The second kappa shape index (κ2) is 6.33. The highest BCUT2D eigenvalue weighted by atomic mass is 16.5. The first kappa shape index (κ1) is 15.8. The third-order valence-corrected chi connectivity index (χ3v) is 3.96. The van der Waals surface area contributed by atoms with Gasteiger partial charge in [-0.1, -0.05) is 18.2 Å². The first-order chi connectivity index (χ1) is 12.6. The van der Waals surface area contributed by atoms with Crippen LogP contribution in [0.2, 0.25) is 0 Å². The summed E-state index contributed by atoms with van der Waals surface area (Å²) in [6.07, 6.45) is 3.14. The number of hydrogen-bond donors (Lipinski definition) is 1. The van der Waals surface area contributed by atoms with E-state index in [4.69, 9.17) is 9.15 Å². The van der Waals surface area contributed by atoms with Crippen molar-refractivity contribution in [2.75, 3.05) is 7.11 Å². The van der Waals surface area contributed by atoms with Gasteiger partial charge in [0.15, 0.2) is 0 Å². The first-order valence-electron chi connectivity index (χ1n) is 7.90. The van der Waals surface area contributed by atoms with E-state index in [1.807, 2.05) is 30.3 Å². The number of aromatic hydroxyl groups is 1. The van der Waals surface area contributed by atoms with Crippen LogP contribution >= 0.6 is 0 Å². The van der Waals surface area contributed by atoms with Crippen molar-refractivity contribution >= 4 is 18.1 Å². The molecule has 0 aliphatic carbocycles. The van der Waals surface area contributed by atoms with Gasteiger partial charge in [-0.15, -0.1) is 0 Å². The van der Waals surface area contributed by atoms with Crippen molar-refractivity contribution in [3.05, 3.63) is 70.4 Å². The Balaban J connectivity index is 1.78. The number of carbonyl (C=O) groups excluding carboxylic acids is 1. The number of amides is 1. The van der Waals surface area contributed by atoms with Crippen molar-refractivity contribution in [1.29, 1.82) is 0 Å². The number of fused-ring (bicyclic) bond motifs is 1. The average molecular weight is 346 g/mol. The van der Waals surface area contributed by atoms with Gasteiger partial charge in [0.1, 0.15) is 11.4 Å². The Labute approximate surface area is 148 Å². The van der Waals surface area contributed by atoms with Gasteiger partial charge >= 0.3 is 5.95 Å². The van der Waals surface area contributed by atoms with Crippen LogP contribution in [-0.4, -0.2) is 23.1 Å². The summed E-state index contributed by atoms with van der Waals surface area (Å²) in [5, 5.41) is 11.4. The molecule has 2 aromatic carbocycles. The van der Waals surface area contributed by atoms with Crippen molar-refractivity contribution < 1.29 is 19.1 Å². The van der Waals surface area contributed by atoms with Crippen LogP contribution in [0, 0.1) is 0 Å². The molecule has 1 amide bonds. The number of oxazole rings is 1. The molecular weight excluding hydrogens is 332 g/mol. The van der Waals surface area contributed by atoms with Crippen molar-refractivity contribution in [2.24, 2.45) is 4.99 Å². The number of benzene rings is 2. The molecule has 1 aromatic heterocycles. The molecule has 0 bridgehead atoms. The molecule has 1 aliphatic heterocycles. The lowest BCUT2D eigenvalue weighted by molar-refractivity contribution is -0.114. The topological polar surface area (TPSA) is 84.9 Å². The molecule has 1 aliphatic rings. The Hall–Kier alpha value is -3.67. The second-order valence-electron chi connectivity index (χ2n) is 5.66. The number of ether oxygens (including phenoxy) is 1. The van der Waals surface area contributed by atoms with Crippen LogP contribution in [0.3, 0.4) is 0 Å². The average Bonchev–Trinajstić information content (AvgIpc) is 3.03. The van der Waals surface area contributed by atoms with Gasteiger partial charge in [-0.25, -0.2) is 9.98 Å². The minimum absolute atomic E-state index is 0.171. The Morgan fingerprint density at radius 3 is 2.73 bits per heavy atom. The molecule has 0 atom stereocenters. The fourth-order valence-electron chi connectivity index (χ4n) is 2.65. The molecule has 0 radical (unpaired) electrons.